The molecule has 1 amide bonds. The highest BCUT2D eigenvalue weighted by Gasteiger charge is 2.07. The molecule has 2 rings (SSSR count). The van der Waals surface area contributed by atoms with Gasteiger partial charge < -0.3 is 5.32 Å². The Labute approximate surface area is 117 Å². The van der Waals surface area contributed by atoms with Gasteiger partial charge in [0.25, 0.3) is 5.91 Å². The van der Waals surface area contributed by atoms with Crippen molar-refractivity contribution in [2.24, 2.45) is 0 Å². The van der Waals surface area contributed by atoms with Crippen molar-refractivity contribution >= 4 is 11.6 Å². The number of unbranched alkanes of at least 4 members (excludes halogenated alkanes) is 1. The molecule has 0 spiro atoms. The van der Waals surface area contributed by atoms with Crippen molar-refractivity contribution in [3.8, 4) is 0 Å². The molecule has 0 unspecified atom stereocenters. The SMILES string of the molecule is CCCCc1ccc(NC(=O)c2ccnc(F)c2)cc1. The molecular formula is C16H17FN2O. The summed E-state index contributed by atoms with van der Waals surface area (Å²) in [6.07, 6.45) is 4.63. The maximum absolute atomic E-state index is 12.9. The average Bonchev–Trinajstić information content (AvgIpc) is 2.46. The zero-order valence-electron chi connectivity index (χ0n) is 11.4. The van der Waals surface area contributed by atoms with Crippen molar-refractivity contribution in [3.63, 3.8) is 0 Å². The molecule has 20 heavy (non-hydrogen) atoms. The summed E-state index contributed by atoms with van der Waals surface area (Å²) in [7, 11) is 0. The van der Waals surface area contributed by atoms with E-state index in [1.54, 1.807) is 0 Å². The fourth-order valence-electron chi connectivity index (χ4n) is 1.88. The van der Waals surface area contributed by atoms with E-state index in [-0.39, 0.29) is 11.5 Å². The molecule has 0 aliphatic carbocycles. The first-order valence-corrected chi connectivity index (χ1v) is 6.71. The van der Waals surface area contributed by atoms with E-state index in [4.69, 9.17) is 0 Å². The van der Waals surface area contributed by atoms with Crippen molar-refractivity contribution in [1.82, 2.24) is 4.98 Å². The third kappa shape index (κ3) is 3.88. The van der Waals surface area contributed by atoms with E-state index in [0.717, 1.165) is 25.3 Å². The number of anilines is 1. The van der Waals surface area contributed by atoms with E-state index in [0.29, 0.717) is 5.69 Å². The predicted octanol–water partition coefficient (Wildman–Crippen LogP) is 3.82. The van der Waals surface area contributed by atoms with Crippen molar-refractivity contribution in [1.29, 1.82) is 0 Å². The highest BCUT2D eigenvalue weighted by Crippen LogP contribution is 2.13. The summed E-state index contributed by atoms with van der Waals surface area (Å²) in [6.45, 7) is 2.16. The lowest BCUT2D eigenvalue weighted by atomic mass is 10.1. The zero-order chi connectivity index (χ0) is 14.4. The quantitative estimate of drug-likeness (QED) is 0.841. The van der Waals surface area contributed by atoms with Crippen LogP contribution in [0.3, 0.4) is 0 Å². The van der Waals surface area contributed by atoms with E-state index in [1.807, 2.05) is 24.3 Å². The van der Waals surface area contributed by atoms with Gasteiger partial charge in [-0.05, 0) is 36.6 Å². The van der Waals surface area contributed by atoms with Crippen LogP contribution in [0.15, 0.2) is 42.6 Å². The molecule has 3 nitrogen and oxygen atoms in total. The first kappa shape index (κ1) is 14.2. The van der Waals surface area contributed by atoms with Gasteiger partial charge >= 0.3 is 0 Å². The number of hydrogen-bond donors (Lipinski definition) is 1. The number of benzene rings is 1. The number of carbonyl (C=O) groups is 1. The minimum Gasteiger partial charge on any atom is -0.322 e. The molecule has 0 fully saturated rings. The van der Waals surface area contributed by atoms with E-state index in [2.05, 4.69) is 17.2 Å². The number of rotatable bonds is 5. The largest absolute Gasteiger partial charge is 0.322 e. The van der Waals surface area contributed by atoms with E-state index < -0.39 is 5.95 Å². The second-order valence-electron chi connectivity index (χ2n) is 4.62. The monoisotopic (exact) mass is 272 g/mol. The zero-order valence-corrected chi connectivity index (χ0v) is 11.4. The van der Waals surface area contributed by atoms with E-state index in [9.17, 15) is 9.18 Å². The molecule has 104 valence electrons. The van der Waals surface area contributed by atoms with Gasteiger partial charge in [0, 0.05) is 23.5 Å². The minimum atomic E-state index is -0.660. The number of halogens is 1. The predicted molar refractivity (Wildman–Crippen MR) is 77.2 cm³/mol. The van der Waals surface area contributed by atoms with Crippen molar-refractivity contribution in [3.05, 3.63) is 59.7 Å². The Morgan fingerprint density at radius 2 is 2.00 bits per heavy atom. The van der Waals surface area contributed by atoms with Crippen LogP contribution in [0, 0.1) is 5.95 Å². The van der Waals surface area contributed by atoms with Gasteiger partial charge in [0.15, 0.2) is 0 Å². The van der Waals surface area contributed by atoms with Crippen LogP contribution in [0.25, 0.3) is 0 Å². The Kier molecular flexibility index (Phi) is 4.82. The number of nitrogens with zero attached hydrogens (tertiary/aromatic N) is 1. The molecule has 0 aliphatic rings. The van der Waals surface area contributed by atoms with Crippen LogP contribution in [0.4, 0.5) is 10.1 Å². The number of nitrogens with one attached hydrogen (secondary N) is 1. The van der Waals surface area contributed by atoms with Crippen LogP contribution < -0.4 is 5.32 Å². The molecule has 0 saturated heterocycles. The lowest BCUT2D eigenvalue weighted by molar-refractivity contribution is 0.102. The van der Waals surface area contributed by atoms with Gasteiger partial charge in [0.05, 0.1) is 0 Å². The van der Waals surface area contributed by atoms with Crippen LogP contribution >= 0.6 is 0 Å². The Balaban J connectivity index is 2.01. The molecule has 2 aromatic rings. The maximum atomic E-state index is 12.9. The summed E-state index contributed by atoms with van der Waals surface area (Å²) in [5.41, 5.74) is 2.21. The molecule has 1 heterocycles. The molecule has 1 aromatic carbocycles. The Hall–Kier alpha value is -2.23. The van der Waals surface area contributed by atoms with Gasteiger partial charge in [-0.25, -0.2) is 4.98 Å². The van der Waals surface area contributed by atoms with Crippen LogP contribution in [0.2, 0.25) is 0 Å². The summed E-state index contributed by atoms with van der Waals surface area (Å²) in [6, 6.07) is 10.3. The minimum absolute atomic E-state index is 0.257. The molecular weight excluding hydrogens is 255 g/mol. The van der Waals surface area contributed by atoms with Crippen molar-refractivity contribution in [2.45, 2.75) is 26.2 Å². The molecule has 1 N–H and O–H groups in total. The molecule has 0 aliphatic heterocycles. The molecule has 4 heteroatoms. The third-order valence-electron chi connectivity index (χ3n) is 3.02. The Morgan fingerprint density at radius 1 is 1.25 bits per heavy atom. The fraction of sp³-hybridized carbons (Fsp3) is 0.250. The summed E-state index contributed by atoms with van der Waals surface area (Å²) in [4.78, 5) is 15.3. The summed E-state index contributed by atoms with van der Waals surface area (Å²) in [5.74, 6) is -1.000. The number of aromatic nitrogens is 1. The van der Waals surface area contributed by atoms with Crippen molar-refractivity contribution in [2.75, 3.05) is 5.32 Å². The van der Waals surface area contributed by atoms with Gasteiger partial charge in [0.2, 0.25) is 5.95 Å². The van der Waals surface area contributed by atoms with Crippen LogP contribution in [0.1, 0.15) is 35.7 Å². The molecule has 1 aromatic heterocycles. The number of hydrogen-bond acceptors (Lipinski definition) is 2. The third-order valence-corrected chi connectivity index (χ3v) is 3.02. The van der Waals surface area contributed by atoms with Crippen molar-refractivity contribution < 1.29 is 9.18 Å². The van der Waals surface area contributed by atoms with Crippen LogP contribution in [0.5, 0.6) is 0 Å². The second-order valence-corrected chi connectivity index (χ2v) is 4.62. The molecule has 0 saturated carbocycles. The van der Waals surface area contributed by atoms with Gasteiger partial charge in [-0.2, -0.15) is 4.39 Å². The van der Waals surface area contributed by atoms with Crippen LogP contribution in [-0.4, -0.2) is 10.9 Å². The van der Waals surface area contributed by atoms with E-state index in [1.165, 1.54) is 17.8 Å². The topological polar surface area (TPSA) is 42.0 Å². The van der Waals surface area contributed by atoms with Gasteiger partial charge in [0.1, 0.15) is 0 Å². The maximum Gasteiger partial charge on any atom is 0.255 e. The Bertz CT molecular complexity index is 581. The Morgan fingerprint density at radius 3 is 2.65 bits per heavy atom. The second kappa shape index (κ2) is 6.80. The van der Waals surface area contributed by atoms with E-state index >= 15 is 0 Å². The van der Waals surface area contributed by atoms with Gasteiger partial charge in [-0.1, -0.05) is 25.5 Å². The normalized spacial score (nSPS) is 10.3. The van der Waals surface area contributed by atoms with Crippen LogP contribution in [-0.2, 0) is 6.42 Å². The number of amides is 1. The first-order chi connectivity index (χ1) is 9.69. The number of aryl methyl sites for hydroxylation is 1. The van der Waals surface area contributed by atoms with Gasteiger partial charge in [-0.15, -0.1) is 0 Å². The molecule has 0 bridgehead atoms. The lowest BCUT2D eigenvalue weighted by Crippen LogP contribution is -2.12. The van der Waals surface area contributed by atoms with Gasteiger partial charge in [-0.3, -0.25) is 4.79 Å². The number of carbonyl (C=O) groups excluding carboxylic acids is 1. The highest BCUT2D eigenvalue weighted by atomic mass is 19.1. The average molecular weight is 272 g/mol. The number of pyridine rings is 1. The summed E-state index contributed by atoms with van der Waals surface area (Å²) < 4.78 is 12.9. The summed E-state index contributed by atoms with van der Waals surface area (Å²) >= 11 is 0. The highest BCUT2D eigenvalue weighted by molar-refractivity contribution is 6.04. The first-order valence-electron chi connectivity index (χ1n) is 6.71. The fourth-order valence-corrected chi connectivity index (χ4v) is 1.88. The molecule has 0 atom stereocenters. The standard InChI is InChI=1S/C16H17FN2O/c1-2-3-4-12-5-7-14(8-6-12)19-16(20)13-9-10-18-15(17)11-13/h5-11H,2-4H2,1H3,(H,19,20). The summed E-state index contributed by atoms with van der Waals surface area (Å²) in [5, 5.41) is 2.74. The smallest absolute Gasteiger partial charge is 0.255 e. The lowest BCUT2D eigenvalue weighted by Gasteiger charge is -2.06. The molecule has 0 radical (unpaired) electrons.